The smallest absolute Gasteiger partial charge is 0.256 e. The average Bonchev–Trinajstić information content (AvgIpc) is 3.23. The zero-order chi connectivity index (χ0) is 20.8. The Hall–Kier alpha value is -1.93. The number of likely N-dealkylation sites (tertiary alicyclic amines) is 1. The van der Waals surface area contributed by atoms with Gasteiger partial charge in [0.2, 0.25) is 5.91 Å². The fourth-order valence-electron chi connectivity index (χ4n) is 4.43. The molecular formula is C21H35N5O3. The van der Waals surface area contributed by atoms with Crippen molar-refractivity contribution in [3.05, 3.63) is 18.0 Å². The Kier molecular flexibility index (Phi) is 7.66. The minimum absolute atomic E-state index is 0.00522. The number of piperidine rings is 1. The summed E-state index contributed by atoms with van der Waals surface area (Å²) < 4.78 is 7.34. The third kappa shape index (κ3) is 5.57. The van der Waals surface area contributed by atoms with Crippen LogP contribution in [-0.2, 0) is 16.1 Å². The molecule has 0 bridgehead atoms. The number of ether oxygens (including phenoxy) is 1. The SMILES string of the molecule is CCn1cc(C(=O)N(C)CCN(C2CCOCC2)C2CCCN(C(C)=O)C2)cn1. The maximum atomic E-state index is 12.8. The third-order valence-electron chi connectivity index (χ3n) is 6.22. The summed E-state index contributed by atoms with van der Waals surface area (Å²) in [6.07, 6.45) is 7.61. The van der Waals surface area contributed by atoms with Crippen molar-refractivity contribution in [2.75, 3.05) is 46.4 Å². The third-order valence-corrected chi connectivity index (χ3v) is 6.22. The number of aromatic nitrogens is 2. The molecule has 0 spiro atoms. The molecule has 2 saturated heterocycles. The molecule has 2 aliphatic heterocycles. The Bertz CT molecular complexity index is 686. The normalized spacial score (nSPS) is 20.8. The molecule has 1 aromatic rings. The van der Waals surface area contributed by atoms with Gasteiger partial charge in [0.15, 0.2) is 0 Å². The number of carbonyl (C=O) groups excluding carboxylic acids is 2. The van der Waals surface area contributed by atoms with Crippen LogP contribution in [-0.4, -0.2) is 94.8 Å². The lowest BCUT2D eigenvalue weighted by molar-refractivity contribution is -0.131. The number of hydrogen-bond acceptors (Lipinski definition) is 5. The second kappa shape index (κ2) is 10.2. The Balaban J connectivity index is 1.64. The lowest BCUT2D eigenvalue weighted by Crippen LogP contribution is -2.55. The van der Waals surface area contributed by atoms with Gasteiger partial charge in [-0.3, -0.25) is 19.2 Å². The summed E-state index contributed by atoms with van der Waals surface area (Å²) in [7, 11) is 1.86. The molecular weight excluding hydrogens is 370 g/mol. The summed E-state index contributed by atoms with van der Waals surface area (Å²) in [5.41, 5.74) is 0.632. The zero-order valence-electron chi connectivity index (χ0n) is 18.0. The van der Waals surface area contributed by atoms with E-state index in [1.54, 1.807) is 28.9 Å². The topological polar surface area (TPSA) is 70.9 Å². The Morgan fingerprint density at radius 2 is 1.97 bits per heavy atom. The standard InChI is InChI=1S/C21H35N5O3/c1-4-25-15-18(14-22-25)21(28)23(3)10-11-26(19-7-12-29-13-8-19)20-6-5-9-24(16-20)17(2)27/h14-15,19-20H,4-13,16H2,1-3H3. The first-order chi connectivity index (χ1) is 14.0. The van der Waals surface area contributed by atoms with Crippen LogP contribution >= 0.6 is 0 Å². The van der Waals surface area contributed by atoms with Crippen molar-refractivity contribution in [3.8, 4) is 0 Å². The molecule has 2 amide bonds. The summed E-state index contributed by atoms with van der Waals surface area (Å²) in [5.74, 6) is 0.160. The van der Waals surface area contributed by atoms with Gasteiger partial charge in [-0.25, -0.2) is 0 Å². The molecule has 1 aromatic heterocycles. The van der Waals surface area contributed by atoms with E-state index in [2.05, 4.69) is 10.00 Å². The van der Waals surface area contributed by atoms with Crippen LogP contribution in [0.1, 0.15) is 49.9 Å². The molecule has 0 aliphatic carbocycles. The molecule has 1 unspecified atom stereocenters. The summed E-state index contributed by atoms with van der Waals surface area (Å²) in [4.78, 5) is 31.0. The van der Waals surface area contributed by atoms with Crippen LogP contribution in [0.4, 0.5) is 0 Å². The quantitative estimate of drug-likeness (QED) is 0.687. The molecule has 0 aromatic carbocycles. The van der Waals surface area contributed by atoms with E-state index in [9.17, 15) is 9.59 Å². The first kappa shape index (κ1) is 21.8. The first-order valence-electron chi connectivity index (χ1n) is 10.9. The van der Waals surface area contributed by atoms with E-state index in [-0.39, 0.29) is 11.8 Å². The van der Waals surface area contributed by atoms with Crippen molar-refractivity contribution in [3.63, 3.8) is 0 Å². The van der Waals surface area contributed by atoms with Gasteiger partial charge in [-0.15, -0.1) is 0 Å². The number of nitrogens with zero attached hydrogens (tertiary/aromatic N) is 5. The molecule has 3 heterocycles. The molecule has 0 radical (unpaired) electrons. The lowest BCUT2D eigenvalue weighted by atomic mass is 9.98. The first-order valence-corrected chi connectivity index (χ1v) is 10.9. The van der Waals surface area contributed by atoms with Gasteiger partial charge in [-0.05, 0) is 32.6 Å². The van der Waals surface area contributed by atoms with Crippen LogP contribution in [0, 0.1) is 0 Å². The van der Waals surface area contributed by atoms with Gasteiger partial charge < -0.3 is 14.5 Å². The molecule has 1 atom stereocenters. The van der Waals surface area contributed by atoms with Gasteiger partial charge in [-0.1, -0.05) is 0 Å². The van der Waals surface area contributed by atoms with Gasteiger partial charge in [0.1, 0.15) is 0 Å². The van der Waals surface area contributed by atoms with E-state index in [0.29, 0.717) is 24.2 Å². The fourth-order valence-corrected chi connectivity index (χ4v) is 4.43. The van der Waals surface area contributed by atoms with E-state index in [4.69, 9.17) is 4.74 Å². The predicted molar refractivity (Wildman–Crippen MR) is 111 cm³/mol. The molecule has 2 aliphatic rings. The number of amides is 2. The lowest BCUT2D eigenvalue weighted by Gasteiger charge is -2.44. The summed E-state index contributed by atoms with van der Waals surface area (Å²) >= 11 is 0. The van der Waals surface area contributed by atoms with Crippen molar-refractivity contribution in [1.82, 2.24) is 24.5 Å². The van der Waals surface area contributed by atoms with E-state index in [0.717, 1.165) is 65.1 Å². The fraction of sp³-hybridized carbons (Fsp3) is 0.762. The monoisotopic (exact) mass is 405 g/mol. The molecule has 3 rings (SSSR count). The number of aryl methyl sites for hydroxylation is 1. The molecule has 29 heavy (non-hydrogen) atoms. The number of likely N-dealkylation sites (N-methyl/N-ethyl adjacent to an activating group) is 1. The largest absolute Gasteiger partial charge is 0.381 e. The van der Waals surface area contributed by atoms with Crippen molar-refractivity contribution >= 4 is 11.8 Å². The van der Waals surface area contributed by atoms with Crippen LogP contribution in [0.5, 0.6) is 0 Å². The maximum Gasteiger partial charge on any atom is 0.256 e. The van der Waals surface area contributed by atoms with Gasteiger partial charge in [0.05, 0.1) is 11.8 Å². The average molecular weight is 406 g/mol. The van der Waals surface area contributed by atoms with Gasteiger partial charge in [0.25, 0.3) is 5.91 Å². The predicted octanol–water partition coefficient (Wildman–Crippen LogP) is 1.47. The van der Waals surface area contributed by atoms with Crippen molar-refractivity contribution < 1.29 is 14.3 Å². The Morgan fingerprint density at radius 3 is 2.62 bits per heavy atom. The number of rotatable bonds is 7. The van der Waals surface area contributed by atoms with Crippen LogP contribution in [0.25, 0.3) is 0 Å². The van der Waals surface area contributed by atoms with Crippen molar-refractivity contribution in [1.29, 1.82) is 0 Å². The zero-order valence-corrected chi connectivity index (χ0v) is 18.0. The van der Waals surface area contributed by atoms with Crippen molar-refractivity contribution in [2.45, 2.75) is 58.2 Å². The van der Waals surface area contributed by atoms with Crippen LogP contribution in [0.3, 0.4) is 0 Å². The maximum absolute atomic E-state index is 12.8. The van der Waals surface area contributed by atoms with Gasteiger partial charge >= 0.3 is 0 Å². The summed E-state index contributed by atoms with van der Waals surface area (Å²) in [6, 6.07) is 0.800. The second-order valence-corrected chi connectivity index (χ2v) is 8.15. The van der Waals surface area contributed by atoms with Crippen LogP contribution < -0.4 is 0 Å². The van der Waals surface area contributed by atoms with E-state index >= 15 is 0 Å². The minimum Gasteiger partial charge on any atom is -0.381 e. The van der Waals surface area contributed by atoms with E-state index in [1.165, 1.54) is 0 Å². The number of hydrogen-bond donors (Lipinski definition) is 0. The van der Waals surface area contributed by atoms with Crippen LogP contribution in [0.2, 0.25) is 0 Å². The highest BCUT2D eigenvalue weighted by Crippen LogP contribution is 2.23. The van der Waals surface area contributed by atoms with Gasteiger partial charge in [-0.2, -0.15) is 5.10 Å². The van der Waals surface area contributed by atoms with E-state index < -0.39 is 0 Å². The molecule has 8 heteroatoms. The summed E-state index contributed by atoms with van der Waals surface area (Å²) in [6.45, 7) is 9.10. The number of carbonyl (C=O) groups is 2. The van der Waals surface area contributed by atoms with Crippen molar-refractivity contribution in [2.24, 2.45) is 0 Å². The van der Waals surface area contributed by atoms with E-state index in [1.807, 2.05) is 18.9 Å². The highest BCUT2D eigenvalue weighted by Gasteiger charge is 2.32. The van der Waals surface area contributed by atoms with Gasteiger partial charge in [0, 0.05) is 78.2 Å². The van der Waals surface area contributed by atoms with Crippen LogP contribution in [0.15, 0.2) is 12.4 Å². The molecule has 8 nitrogen and oxygen atoms in total. The summed E-state index contributed by atoms with van der Waals surface area (Å²) in [5, 5.41) is 4.21. The molecule has 2 fully saturated rings. The molecule has 0 N–H and O–H groups in total. The second-order valence-electron chi connectivity index (χ2n) is 8.15. The Labute approximate surface area is 173 Å². The molecule has 162 valence electrons. The Morgan fingerprint density at radius 1 is 1.21 bits per heavy atom. The highest BCUT2D eigenvalue weighted by molar-refractivity contribution is 5.93. The molecule has 0 saturated carbocycles. The minimum atomic E-state index is 0.00522. The highest BCUT2D eigenvalue weighted by atomic mass is 16.5.